The Balaban J connectivity index is 1.25. The molecule has 0 spiro atoms. The summed E-state index contributed by atoms with van der Waals surface area (Å²) in [4.78, 5) is 74.3. The first-order valence-corrected chi connectivity index (χ1v) is 29.1. The summed E-state index contributed by atoms with van der Waals surface area (Å²) in [5.41, 5.74) is 2.76. The molecule has 12 nitrogen and oxygen atoms in total. The molecular weight excluding hydrogens is 1150 g/mol. The maximum Gasteiger partial charge on any atom is 0.330 e. The van der Waals surface area contributed by atoms with Crippen molar-refractivity contribution in [2.24, 2.45) is 0 Å². The number of hydrogen-bond donors (Lipinski definition) is 0. The maximum absolute atomic E-state index is 12.9. The van der Waals surface area contributed by atoms with Crippen molar-refractivity contribution in [1.82, 2.24) is 0 Å². The fraction of sp³-hybridized carbons (Fsp3) is 0.500. The van der Waals surface area contributed by atoms with Crippen LogP contribution in [0.3, 0.4) is 0 Å². The standard InChI is InChI=1S/C60H77Br3O12/c61-51-34-25-48(26-35-51)31-40-57(66)70-43-19-13-7-1-4-10-16-22-55(64)73-46-54(75-60(69)24-18-12-6-3-9-15-21-45-72-59(68)42-33-50-29-38-53(63)39-30-50)47-74-56(65)23-17-11-5-2-8-14-20-44-71-58(67)41-32-49-27-36-52(62)37-28-49/h25-42,54H,1-24,43-47H2. The molecule has 3 aromatic carbocycles. The second kappa shape index (κ2) is 42.3. The van der Waals surface area contributed by atoms with E-state index in [4.69, 9.17) is 28.4 Å². The zero-order valence-corrected chi connectivity index (χ0v) is 48.3. The van der Waals surface area contributed by atoms with E-state index < -0.39 is 24.0 Å². The Kier molecular flexibility index (Phi) is 36.3. The Hall–Kier alpha value is -4.86. The van der Waals surface area contributed by atoms with Crippen LogP contribution in [0.1, 0.15) is 171 Å². The highest BCUT2D eigenvalue weighted by molar-refractivity contribution is 9.11. The van der Waals surface area contributed by atoms with Gasteiger partial charge in [-0.05, 0) is 110 Å². The van der Waals surface area contributed by atoms with Crippen LogP contribution in [0.4, 0.5) is 0 Å². The van der Waals surface area contributed by atoms with Crippen molar-refractivity contribution in [1.29, 1.82) is 0 Å². The molecule has 0 heterocycles. The lowest BCUT2D eigenvalue weighted by molar-refractivity contribution is -0.167. The molecule has 0 fully saturated rings. The van der Waals surface area contributed by atoms with E-state index in [1.54, 1.807) is 18.2 Å². The second-order valence-electron chi connectivity index (χ2n) is 18.3. The predicted octanol–water partition coefficient (Wildman–Crippen LogP) is 15.4. The zero-order valence-electron chi connectivity index (χ0n) is 43.5. The van der Waals surface area contributed by atoms with Crippen molar-refractivity contribution < 1.29 is 57.2 Å². The maximum atomic E-state index is 12.9. The predicted molar refractivity (Wildman–Crippen MR) is 305 cm³/mol. The van der Waals surface area contributed by atoms with Crippen molar-refractivity contribution in [3.8, 4) is 0 Å². The van der Waals surface area contributed by atoms with E-state index in [9.17, 15) is 28.8 Å². The number of rotatable bonds is 41. The van der Waals surface area contributed by atoms with E-state index in [1.165, 1.54) is 18.2 Å². The Morgan fingerprint density at radius 1 is 0.333 bits per heavy atom. The number of benzene rings is 3. The Bertz CT molecular complexity index is 2070. The first kappa shape index (κ1) is 64.4. The van der Waals surface area contributed by atoms with E-state index in [0.717, 1.165) is 146 Å². The Labute approximate surface area is 470 Å². The largest absolute Gasteiger partial charge is 0.463 e. The van der Waals surface area contributed by atoms with Crippen LogP contribution in [0.25, 0.3) is 18.2 Å². The Morgan fingerprint density at radius 3 is 0.880 bits per heavy atom. The van der Waals surface area contributed by atoms with Crippen LogP contribution in [-0.4, -0.2) is 75.0 Å². The van der Waals surface area contributed by atoms with E-state index in [0.29, 0.717) is 39.1 Å². The second-order valence-corrected chi connectivity index (χ2v) is 21.1. The zero-order chi connectivity index (χ0) is 54.0. The molecule has 0 aromatic heterocycles. The molecule has 0 N–H and O–H groups in total. The van der Waals surface area contributed by atoms with Crippen LogP contribution in [0, 0.1) is 0 Å². The van der Waals surface area contributed by atoms with Gasteiger partial charge in [-0.25, -0.2) is 14.4 Å². The van der Waals surface area contributed by atoms with Crippen molar-refractivity contribution in [2.45, 2.75) is 160 Å². The molecule has 0 aliphatic carbocycles. The molecule has 0 atom stereocenters. The number of hydrogen-bond acceptors (Lipinski definition) is 12. The van der Waals surface area contributed by atoms with Gasteiger partial charge in [0.1, 0.15) is 13.2 Å². The molecule has 410 valence electrons. The summed E-state index contributed by atoms with van der Waals surface area (Å²) < 4.78 is 35.5. The molecule has 0 aliphatic rings. The highest BCUT2D eigenvalue weighted by Gasteiger charge is 2.20. The van der Waals surface area contributed by atoms with Crippen LogP contribution in [0.2, 0.25) is 0 Å². The van der Waals surface area contributed by atoms with Crippen molar-refractivity contribution in [3.63, 3.8) is 0 Å². The molecule has 0 radical (unpaired) electrons. The number of ether oxygens (including phenoxy) is 6. The van der Waals surface area contributed by atoms with Gasteiger partial charge in [0.05, 0.1) is 19.8 Å². The monoisotopic (exact) mass is 1230 g/mol. The summed E-state index contributed by atoms with van der Waals surface area (Å²) in [5, 5.41) is 0. The quantitative estimate of drug-likeness (QED) is 0.0229. The SMILES string of the molecule is O=C(C=Cc1ccc(Br)cc1)OCCCCCCCCCC(=O)OCC(COC(=O)CCCCCCCCCOC(=O)C=Cc1ccc(Br)cc1)OC(=O)CCCCCCCCCOC(=O)C=Cc1ccc(Br)cc1. The van der Waals surface area contributed by atoms with Crippen LogP contribution in [0.15, 0.2) is 104 Å². The summed E-state index contributed by atoms with van der Waals surface area (Å²) in [6.45, 7) is 0.739. The molecule has 15 heteroatoms. The fourth-order valence-corrected chi connectivity index (χ4v) is 8.31. The summed E-state index contributed by atoms with van der Waals surface area (Å²) >= 11 is 10.2. The van der Waals surface area contributed by atoms with Gasteiger partial charge in [0.25, 0.3) is 0 Å². The van der Waals surface area contributed by atoms with E-state index >= 15 is 0 Å². The van der Waals surface area contributed by atoms with Gasteiger partial charge >= 0.3 is 35.8 Å². The molecule has 75 heavy (non-hydrogen) atoms. The van der Waals surface area contributed by atoms with E-state index in [2.05, 4.69) is 47.8 Å². The third-order valence-electron chi connectivity index (χ3n) is 11.8. The smallest absolute Gasteiger partial charge is 0.330 e. The Morgan fingerprint density at radius 2 is 0.587 bits per heavy atom. The first-order valence-electron chi connectivity index (χ1n) is 26.8. The van der Waals surface area contributed by atoms with Gasteiger partial charge in [-0.2, -0.15) is 0 Å². The molecule has 0 saturated carbocycles. The van der Waals surface area contributed by atoms with Gasteiger partial charge in [-0.3, -0.25) is 14.4 Å². The van der Waals surface area contributed by atoms with Gasteiger partial charge in [-0.1, -0.05) is 181 Å². The molecule has 0 aliphatic heterocycles. The van der Waals surface area contributed by atoms with Crippen molar-refractivity contribution in [2.75, 3.05) is 33.0 Å². The highest BCUT2D eigenvalue weighted by atomic mass is 79.9. The van der Waals surface area contributed by atoms with Crippen molar-refractivity contribution >= 4 is 102 Å². The summed E-state index contributed by atoms with van der Waals surface area (Å²) in [7, 11) is 0. The molecule has 0 amide bonds. The van der Waals surface area contributed by atoms with Gasteiger partial charge in [0, 0.05) is 50.9 Å². The lowest BCUT2D eigenvalue weighted by Crippen LogP contribution is -2.30. The minimum Gasteiger partial charge on any atom is -0.463 e. The van der Waals surface area contributed by atoms with Gasteiger partial charge < -0.3 is 28.4 Å². The van der Waals surface area contributed by atoms with Crippen LogP contribution in [0.5, 0.6) is 0 Å². The van der Waals surface area contributed by atoms with Gasteiger partial charge in [0.15, 0.2) is 6.10 Å². The minimum absolute atomic E-state index is 0.193. The molecular formula is C60H77Br3O12. The summed E-state index contributed by atoms with van der Waals surface area (Å²) in [6, 6.07) is 22.9. The van der Waals surface area contributed by atoms with E-state index in [1.807, 2.05) is 72.8 Å². The first-order chi connectivity index (χ1) is 36.4. The number of carbonyl (C=O) groups excluding carboxylic acids is 6. The molecule has 0 unspecified atom stereocenters. The van der Waals surface area contributed by atoms with Crippen LogP contribution >= 0.6 is 47.8 Å². The van der Waals surface area contributed by atoms with Crippen LogP contribution < -0.4 is 0 Å². The lowest BCUT2D eigenvalue weighted by Gasteiger charge is -2.18. The lowest BCUT2D eigenvalue weighted by atomic mass is 10.1. The third kappa shape index (κ3) is 35.9. The third-order valence-corrected chi connectivity index (χ3v) is 13.4. The minimum atomic E-state index is -0.903. The normalized spacial score (nSPS) is 11.7. The average Bonchev–Trinajstić information content (AvgIpc) is 3.40. The number of carbonyl (C=O) groups is 6. The van der Waals surface area contributed by atoms with Crippen molar-refractivity contribution in [3.05, 3.63) is 121 Å². The van der Waals surface area contributed by atoms with Gasteiger partial charge in [0.2, 0.25) is 0 Å². The number of halogens is 3. The topological polar surface area (TPSA) is 158 Å². The molecule has 0 saturated heterocycles. The number of esters is 6. The summed E-state index contributed by atoms with van der Waals surface area (Å²) in [6.07, 6.45) is 28.0. The fourth-order valence-electron chi connectivity index (χ4n) is 7.52. The molecule has 3 rings (SSSR count). The number of unbranched alkanes of at least 4 members (excludes halogenated alkanes) is 18. The van der Waals surface area contributed by atoms with E-state index in [-0.39, 0.29) is 50.4 Å². The van der Waals surface area contributed by atoms with Crippen LogP contribution in [-0.2, 0) is 57.2 Å². The molecule has 3 aromatic rings. The molecule has 0 bridgehead atoms. The average molecular weight is 1230 g/mol. The summed E-state index contributed by atoms with van der Waals surface area (Å²) in [5.74, 6) is -2.29. The highest BCUT2D eigenvalue weighted by Crippen LogP contribution is 2.17. The van der Waals surface area contributed by atoms with Gasteiger partial charge in [-0.15, -0.1) is 0 Å².